The van der Waals surface area contributed by atoms with E-state index in [0.717, 1.165) is 57.1 Å². The van der Waals surface area contributed by atoms with Crippen LogP contribution in [0.4, 0.5) is 0 Å². The molecule has 25 heavy (non-hydrogen) atoms. The van der Waals surface area contributed by atoms with Gasteiger partial charge in [-0.2, -0.15) is 0 Å². The third-order valence-corrected chi connectivity index (χ3v) is 3.79. The summed E-state index contributed by atoms with van der Waals surface area (Å²) in [5, 5.41) is 3.18. The summed E-state index contributed by atoms with van der Waals surface area (Å²) in [6, 6.07) is 7.98. The quantitative estimate of drug-likeness (QED) is 0.268. The molecule has 3 N–H and O–H groups in total. The standard InChI is InChI=1S/C18H30N4O2.HI/c1-15(2)24-17-6-4-16(5-7-17)14-21-18(19)20-8-3-9-22-10-12-23-13-11-22;/h4-7,15H,3,8-14H2,1-2H3,(H3,19,20,21);1H. The number of rotatable bonds is 8. The molecule has 2 rings (SSSR count). The molecule has 1 aromatic rings. The molecule has 1 aliphatic heterocycles. The van der Waals surface area contributed by atoms with Gasteiger partial charge in [-0.25, -0.2) is 4.99 Å². The van der Waals surface area contributed by atoms with Crippen LogP contribution in [0.2, 0.25) is 0 Å². The molecule has 1 aliphatic rings. The molecule has 142 valence electrons. The molecule has 1 fully saturated rings. The van der Waals surface area contributed by atoms with Gasteiger partial charge in [0.15, 0.2) is 5.96 Å². The Kier molecular flexibility index (Phi) is 10.8. The van der Waals surface area contributed by atoms with Crippen molar-refractivity contribution < 1.29 is 9.47 Å². The van der Waals surface area contributed by atoms with Gasteiger partial charge in [0.25, 0.3) is 0 Å². The summed E-state index contributed by atoms with van der Waals surface area (Å²) in [4.78, 5) is 6.79. The Morgan fingerprint density at radius 3 is 2.60 bits per heavy atom. The van der Waals surface area contributed by atoms with Crippen LogP contribution in [-0.2, 0) is 11.3 Å². The molecular formula is C18H31IN4O2. The number of guanidine groups is 1. The first-order valence-corrected chi connectivity index (χ1v) is 8.73. The molecule has 0 aromatic heterocycles. The van der Waals surface area contributed by atoms with Crippen LogP contribution in [0.5, 0.6) is 5.75 Å². The largest absolute Gasteiger partial charge is 0.491 e. The second kappa shape index (κ2) is 12.3. The van der Waals surface area contributed by atoms with Crippen LogP contribution < -0.4 is 15.8 Å². The fourth-order valence-electron chi connectivity index (χ4n) is 2.52. The first-order chi connectivity index (χ1) is 11.6. The molecule has 7 heteroatoms. The van der Waals surface area contributed by atoms with Crippen LogP contribution in [0, 0.1) is 0 Å². The normalized spacial score (nSPS) is 15.7. The van der Waals surface area contributed by atoms with E-state index in [1.165, 1.54) is 0 Å². The topological polar surface area (TPSA) is 72.1 Å². The van der Waals surface area contributed by atoms with Crippen LogP contribution >= 0.6 is 24.0 Å². The number of aliphatic imine (C=N–C) groups is 1. The maximum atomic E-state index is 5.92. The van der Waals surface area contributed by atoms with Gasteiger partial charge in [0.05, 0.1) is 25.9 Å². The van der Waals surface area contributed by atoms with Crippen molar-refractivity contribution in [1.29, 1.82) is 0 Å². The predicted molar refractivity (Wildman–Crippen MR) is 113 cm³/mol. The Labute approximate surface area is 168 Å². The number of nitrogens with two attached hydrogens (primary N) is 1. The lowest BCUT2D eigenvalue weighted by Gasteiger charge is -2.26. The van der Waals surface area contributed by atoms with Gasteiger partial charge in [-0.15, -0.1) is 24.0 Å². The molecule has 0 spiro atoms. The van der Waals surface area contributed by atoms with Crippen LogP contribution in [-0.4, -0.2) is 56.4 Å². The lowest BCUT2D eigenvalue weighted by atomic mass is 10.2. The van der Waals surface area contributed by atoms with Gasteiger partial charge in [0.1, 0.15) is 5.75 Å². The summed E-state index contributed by atoms with van der Waals surface area (Å²) in [7, 11) is 0. The zero-order chi connectivity index (χ0) is 17.2. The van der Waals surface area contributed by atoms with E-state index in [1.54, 1.807) is 0 Å². The molecule has 1 aromatic carbocycles. The highest BCUT2D eigenvalue weighted by molar-refractivity contribution is 14.0. The Balaban J connectivity index is 0.00000312. The molecule has 0 atom stereocenters. The minimum absolute atomic E-state index is 0. The second-order valence-electron chi connectivity index (χ2n) is 6.25. The van der Waals surface area contributed by atoms with Crippen LogP contribution in [0.15, 0.2) is 29.3 Å². The lowest BCUT2D eigenvalue weighted by molar-refractivity contribution is 0.0376. The summed E-state index contributed by atoms with van der Waals surface area (Å²) in [5.74, 6) is 1.38. The molecule has 1 saturated heterocycles. The number of halogens is 1. The van der Waals surface area contributed by atoms with E-state index in [2.05, 4.69) is 15.2 Å². The highest BCUT2D eigenvalue weighted by Crippen LogP contribution is 2.14. The van der Waals surface area contributed by atoms with Crippen molar-refractivity contribution >= 4 is 29.9 Å². The van der Waals surface area contributed by atoms with Crippen molar-refractivity contribution in [1.82, 2.24) is 10.2 Å². The summed E-state index contributed by atoms with van der Waals surface area (Å²) in [6.07, 6.45) is 1.24. The smallest absolute Gasteiger partial charge is 0.188 e. The molecule has 0 amide bonds. The molecule has 6 nitrogen and oxygen atoms in total. The van der Waals surface area contributed by atoms with Crippen molar-refractivity contribution in [3.05, 3.63) is 29.8 Å². The fourth-order valence-corrected chi connectivity index (χ4v) is 2.52. The van der Waals surface area contributed by atoms with E-state index in [9.17, 15) is 0 Å². The maximum absolute atomic E-state index is 5.92. The highest BCUT2D eigenvalue weighted by atomic mass is 127. The second-order valence-corrected chi connectivity index (χ2v) is 6.25. The van der Waals surface area contributed by atoms with Gasteiger partial charge in [0, 0.05) is 19.6 Å². The van der Waals surface area contributed by atoms with Crippen molar-refractivity contribution in [2.75, 3.05) is 39.4 Å². The number of hydrogen-bond donors (Lipinski definition) is 2. The summed E-state index contributed by atoms with van der Waals surface area (Å²) in [5.41, 5.74) is 7.03. The fraction of sp³-hybridized carbons (Fsp3) is 0.611. The van der Waals surface area contributed by atoms with Gasteiger partial charge in [-0.1, -0.05) is 12.1 Å². The summed E-state index contributed by atoms with van der Waals surface area (Å²) < 4.78 is 11.0. The van der Waals surface area contributed by atoms with Crippen LogP contribution in [0.3, 0.4) is 0 Å². The summed E-state index contributed by atoms with van der Waals surface area (Å²) in [6.45, 7) is 10.3. The molecule has 1 heterocycles. The van der Waals surface area contributed by atoms with Gasteiger partial charge >= 0.3 is 0 Å². The minimum atomic E-state index is 0. The monoisotopic (exact) mass is 462 g/mol. The number of nitrogens with one attached hydrogen (secondary N) is 1. The van der Waals surface area contributed by atoms with Gasteiger partial charge in [-0.3, -0.25) is 4.90 Å². The minimum Gasteiger partial charge on any atom is -0.491 e. The zero-order valence-electron chi connectivity index (χ0n) is 15.2. The number of hydrogen-bond acceptors (Lipinski definition) is 4. The van der Waals surface area contributed by atoms with Crippen LogP contribution in [0.25, 0.3) is 0 Å². The van der Waals surface area contributed by atoms with Gasteiger partial charge < -0.3 is 20.5 Å². The Hall–Kier alpha value is -1.06. The number of ether oxygens (including phenoxy) is 2. The first kappa shape index (κ1) is 22.0. The Morgan fingerprint density at radius 2 is 1.96 bits per heavy atom. The van der Waals surface area contributed by atoms with E-state index < -0.39 is 0 Å². The number of morpholine rings is 1. The van der Waals surface area contributed by atoms with Crippen molar-refractivity contribution in [3.8, 4) is 5.75 Å². The number of benzene rings is 1. The molecule has 0 saturated carbocycles. The third-order valence-electron chi connectivity index (χ3n) is 3.79. The van der Waals surface area contributed by atoms with E-state index in [-0.39, 0.29) is 30.1 Å². The van der Waals surface area contributed by atoms with E-state index in [4.69, 9.17) is 15.2 Å². The Bertz CT molecular complexity index is 502. The predicted octanol–water partition coefficient (Wildman–Crippen LogP) is 2.22. The lowest BCUT2D eigenvalue weighted by Crippen LogP contribution is -2.39. The summed E-state index contributed by atoms with van der Waals surface area (Å²) >= 11 is 0. The first-order valence-electron chi connectivity index (χ1n) is 8.73. The Morgan fingerprint density at radius 1 is 1.28 bits per heavy atom. The van der Waals surface area contributed by atoms with Crippen molar-refractivity contribution in [3.63, 3.8) is 0 Å². The zero-order valence-corrected chi connectivity index (χ0v) is 17.6. The third kappa shape index (κ3) is 9.27. The highest BCUT2D eigenvalue weighted by Gasteiger charge is 2.08. The molecule has 0 bridgehead atoms. The average Bonchev–Trinajstić information content (AvgIpc) is 2.58. The molecule has 0 radical (unpaired) electrons. The van der Waals surface area contributed by atoms with Crippen molar-refractivity contribution in [2.45, 2.75) is 32.9 Å². The van der Waals surface area contributed by atoms with Crippen molar-refractivity contribution in [2.24, 2.45) is 10.7 Å². The average molecular weight is 462 g/mol. The maximum Gasteiger partial charge on any atom is 0.188 e. The van der Waals surface area contributed by atoms with E-state index in [0.29, 0.717) is 12.5 Å². The van der Waals surface area contributed by atoms with Crippen LogP contribution in [0.1, 0.15) is 25.8 Å². The molecular weight excluding hydrogens is 431 g/mol. The van der Waals surface area contributed by atoms with Gasteiger partial charge in [-0.05, 0) is 44.5 Å². The molecule has 0 unspecified atom stereocenters. The number of nitrogens with zero attached hydrogens (tertiary/aromatic N) is 2. The van der Waals surface area contributed by atoms with Gasteiger partial charge in [0.2, 0.25) is 0 Å². The SMILES string of the molecule is CC(C)Oc1ccc(CN=C(N)NCCCN2CCOCC2)cc1.I. The molecule has 0 aliphatic carbocycles. The van der Waals surface area contributed by atoms with E-state index in [1.807, 2.05) is 38.1 Å². The van der Waals surface area contributed by atoms with E-state index >= 15 is 0 Å².